The SMILES string of the molecule is C[C@@H]1CN(Cc2ccc(C(=O)CO)cc2)C[C@H](C)N1C(=O)Oc1ccccc1. The Hall–Kier alpha value is -2.70. The highest BCUT2D eigenvalue weighted by atomic mass is 16.6. The van der Waals surface area contributed by atoms with Gasteiger partial charge >= 0.3 is 6.09 Å². The van der Waals surface area contributed by atoms with Gasteiger partial charge in [-0.1, -0.05) is 42.5 Å². The van der Waals surface area contributed by atoms with E-state index in [0.29, 0.717) is 11.3 Å². The standard InChI is InChI=1S/C22H26N2O4/c1-16-12-23(14-18-8-10-19(11-9-18)21(26)15-25)13-17(2)24(16)22(27)28-20-6-4-3-5-7-20/h3-11,16-17,25H,12-15H2,1-2H3/t16-,17+. The van der Waals surface area contributed by atoms with Gasteiger partial charge in [0.05, 0.1) is 0 Å². The molecule has 2 atom stereocenters. The molecule has 0 spiro atoms. The van der Waals surface area contributed by atoms with E-state index >= 15 is 0 Å². The zero-order valence-corrected chi connectivity index (χ0v) is 16.2. The largest absolute Gasteiger partial charge is 0.415 e. The number of carbonyl (C=O) groups is 2. The van der Waals surface area contributed by atoms with E-state index in [1.807, 2.05) is 44.2 Å². The highest BCUT2D eigenvalue weighted by molar-refractivity contribution is 5.96. The molecule has 2 aromatic rings. The van der Waals surface area contributed by atoms with E-state index in [9.17, 15) is 9.59 Å². The number of amides is 1. The third-order valence-corrected chi connectivity index (χ3v) is 4.98. The van der Waals surface area contributed by atoms with Crippen LogP contribution < -0.4 is 4.74 Å². The summed E-state index contributed by atoms with van der Waals surface area (Å²) in [6, 6.07) is 16.5. The van der Waals surface area contributed by atoms with E-state index in [1.165, 1.54) is 0 Å². The minimum absolute atomic E-state index is 0.0233. The van der Waals surface area contributed by atoms with Crippen LogP contribution in [-0.2, 0) is 6.54 Å². The van der Waals surface area contributed by atoms with Gasteiger partial charge in [-0.15, -0.1) is 0 Å². The number of aliphatic hydroxyl groups is 1. The number of hydrogen-bond acceptors (Lipinski definition) is 5. The van der Waals surface area contributed by atoms with Crippen LogP contribution in [0.5, 0.6) is 5.75 Å². The zero-order chi connectivity index (χ0) is 20.1. The molecule has 0 saturated carbocycles. The van der Waals surface area contributed by atoms with Gasteiger partial charge in [0.15, 0.2) is 5.78 Å². The second-order valence-corrected chi connectivity index (χ2v) is 7.26. The molecule has 1 N–H and O–H groups in total. The molecule has 1 amide bonds. The van der Waals surface area contributed by atoms with E-state index in [4.69, 9.17) is 9.84 Å². The first-order valence-corrected chi connectivity index (χ1v) is 9.48. The summed E-state index contributed by atoms with van der Waals surface area (Å²) >= 11 is 0. The fourth-order valence-electron chi connectivity index (χ4n) is 3.71. The average Bonchev–Trinajstić information content (AvgIpc) is 2.68. The lowest BCUT2D eigenvalue weighted by Gasteiger charge is -2.43. The number of benzene rings is 2. The molecule has 148 valence electrons. The molecule has 3 rings (SSSR count). The van der Waals surface area contributed by atoms with Crippen LogP contribution in [0.3, 0.4) is 0 Å². The van der Waals surface area contributed by atoms with Crippen LogP contribution in [0.25, 0.3) is 0 Å². The Balaban J connectivity index is 1.59. The van der Waals surface area contributed by atoms with Crippen LogP contribution in [-0.4, -0.2) is 58.6 Å². The minimum atomic E-state index is -0.477. The molecule has 0 aliphatic carbocycles. The fourth-order valence-corrected chi connectivity index (χ4v) is 3.71. The third kappa shape index (κ3) is 4.77. The summed E-state index contributed by atoms with van der Waals surface area (Å²) in [5.41, 5.74) is 1.61. The maximum absolute atomic E-state index is 12.6. The van der Waals surface area contributed by atoms with Gasteiger partial charge in [0.25, 0.3) is 0 Å². The van der Waals surface area contributed by atoms with Gasteiger partial charge in [-0.05, 0) is 31.5 Å². The van der Waals surface area contributed by atoms with Crippen LogP contribution in [0.2, 0.25) is 0 Å². The second kappa shape index (κ2) is 8.99. The summed E-state index contributed by atoms with van der Waals surface area (Å²) in [4.78, 5) is 28.2. The Morgan fingerprint density at radius 3 is 2.18 bits per heavy atom. The number of carbonyl (C=O) groups excluding carboxylic acids is 2. The van der Waals surface area contributed by atoms with Crippen LogP contribution in [0, 0.1) is 0 Å². The Morgan fingerprint density at radius 1 is 1.00 bits per heavy atom. The third-order valence-electron chi connectivity index (χ3n) is 4.98. The number of para-hydroxylation sites is 1. The molecule has 28 heavy (non-hydrogen) atoms. The summed E-state index contributed by atoms with van der Waals surface area (Å²) in [5.74, 6) is 0.270. The highest BCUT2D eigenvalue weighted by Crippen LogP contribution is 2.21. The molecule has 2 aromatic carbocycles. The summed E-state index contributed by atoms with van der Waals surface area (Å²) in [5, 5.41) is 8.94. The number of rotatable bonds is 5. The first kappa shape index (κ1) is 20.0. The van der Waals surface area contributed by atoms with Crippen molar-refractivity contribution in [3.63, 3.8) is 0 Å². The zero-order valence-electron chi connectivity index (χ0n) is 16.2. The molecule has 0 radical (unpaired) electrons. The topological polar surface area (TPSA) is 70.1 Å². The van der Waals surface area contributed by atoms with Crippen molar-refractivity contribution >= 4 is 11.9 Å². The van der Waals surface area contributed by atoms with Crippen molar-refractivity contribution in [2.45, 2.75) is 32.5 Å². The Morgan fingerprint density at radius 2 is 1.61 bits per heavy atom. The maximum atomic E-state index is 12.6. The van der Waals surface area contributed by atoms with Gasteiger partial charge in [-0.25, -0.2) is 4.79 Å². The maximum Gasteiger partial charge on any atom is 0.415 e. The molecule has 1 saturated heterocycles. The van der Waals surface area contributed by atoms with E-state index < -0.39 is 6.61 Å². The molecule has 0 aromatic heterocycles. The molecule has 6 nitrogen and oxygen atoms in total. The Bertz CT molecular complexity index is 795. The van der Waals surface area contributed by atoms with Crippen molar-refractivity contribution in [1.29, 1.82) is 0 Å². The van der Waals surface area contributed by atoms with E-state index in [2.05, 4.69) is 4.90 Å². The van der Waals surface area contributed by atoms with Crippen LogP contribution in [0.15, 0.2) is 54.6 Å². The molecule has 1 fully saturated rings. The number of piperazine rings is 1. The quantitative estimate of drug-likeness (QED) is 0.805. The van der Waals surface area contributed by atoms with E-state index in [1.54, 1.807) is 29.2 Å². The van der Waals surface area contributed by atoms with Crippen molar-refractivity contribution in [3.8, 4) is 5.75 Å². The summed E-state index contributed by atoms with van der Waals surface area (Å²) in [6.07, 6.45) is -0.322. The molecule has 0 unspecified atom stereocenters. The lowest BCUT2D eigenvalue weighted by molar-refractivity contribution is 0.0416. The van der Waals surface area contributed by atoms with Gasteiger partial charge in [0.1, 0.15) is 12.4 Å². The molecule has 6 heteroatoms. The average molecular weight is 382 g/mol. The van der Waals surface area contributed by atoms with E-state index in [-0.39, 0.29) is 24.0 Å². The Labute approximate surface area is 165 Å². The number of ketones is 1. The first-order chi connectivity index (χ1) is 13.5. The second-order valence-electron chi connectivity index (χ2n) is 7.26. The number of Topliss-reactive ketones (excluding diaryl/α,β-unsaturated/α-hetero) is 1. The predicted octanol–water partition coefficient (Wildman–Crippen LogP) is 2.96. The normalized spacial score (nSPS) is 20.0. The minimum Gasteiger partial charge on any atom is -0.410 e. The first-order valence-electron chi connectivity index (χ1n) is 9.48. The molecule has 1 aliphatic rings. The van der Waals surface area contributed by atoms with Gasteiger partial charge in [0.2, 0.25) is 0 Å². The molecule has 1 heterocycles. The van der Waals surface area contributed by atoms with Crippen molar-refractivity contribution in [3.05, 3.63) is 65.7 Å². The van der Waals surface area contributed by atoms with Crippen molar-refractivity contribution < 1.29 is 19.4 Å². The molecule has 1 aliphatic heterocycles. The number of nitrogens with zero attached hydrogens (tertiary/aromatic N) is 2. The van der Waals surface area contributed by atoms with Crippen molar-refractivity contribution in [2.75, 3.05) is 19.7 Å². The van der Waals surface area contributed by atoms with Crippen LogP contribution >= 0.6 is 0 Å². The summed E-state index contributed by atoms with van der Waals surface area (Å²) in [7, 11) is 0. The lowest BCUT2D eigenvalue weighted by Crippen LogP contribution is -2.58. The number of hydrogen-bond donors (Lipinski definition) is 1. The fraction of sp³-hybridized carbons (Fsp3) is 0.364. The molecule has 0 bridgehead atoms. The van der Waals surface area contributed by atoms with Crippen LogP contribution in [0.4, 0.5) is 4.79 Å². The van der Waals surface area contributed by atoms with E-state index in [0.717, 1.165) is 25.2 Å². The summed E-state index contributed by atoms with van der Waals surface area (Å²) < 4.78 is 5.51. The predicted molar refractivity (Wildman–Crippen MR) is 106 cm³/mol. The van der Waals surface area contributed by atoms with Gasteiger partial charge in [-0.2, -0.15) is 0 Å². The highest BCUT2D eigenvalue weighted by Gasteiger charge is 2.34. The Kier molecular flexibility index (Phi) is 6.44. The van der Waals surface area contributed by atoms with Crippen LogP contribution in [0.1, 0.15) is 29.8 Å². The monoisotopic (exact) mass is 382 g/mol. The smallest absolute Gasteiger partial charge is 0.410 e. The van der Waals surface area contributed by atoms with Gasteiger partial charge in [0, 0.05) is 37.3 Å². The molecular formula is C22H26N2O4. The lowest BCUT2D eigenvalue weighted by atomic mass is 10.1. The van der Waals surface area contributed by atoms with Gasteiger partial charge in [-0.3, -0.25) is 14.6 Å². The van der Waals surface area contributed by atoms with Crippen molar-refractivity contribution in [2.24, 2.45) is 0 Å². The number of aliphatic hydroxyl groups excluding tert-OH is 1. The summed E-state index contributed by atoms with van der Waals surface area (Å²) in [6.45, 7) is 5.80. The molecular weight excluding hydrogens is 356 g/mol. The van der Waals surface area contributed by atoms with Crippen molar-refractivity contribution in [1.82, 2.24) is 9.80 Å². The number of ether oxygens (including phenoxy) is 1. The van der Waals surface area contributed by atoms with Gasteiger partial charge < -0.3 is 9.84 Å².